The van der Waals surface area contributed by atoms with Crippen molar-refractivity contribution in [1.82, 2.24) is 9.80 Å². The van der Waals surface area contributed by atoms with Crippen LogP contribution in [0, 0.1) is 17.7 Å². The summed E-state index contributed by atoms with van der Waals surface area (Å²) in [4.78, 5) is 6.56. The average molecular weight is 316 g/mol. The summed E-state index contributed by atoms with van der Waals surface area (Å²) in [6.45, 7) is 6.72. The molecule has 4 rings (SSSR count). The Hall–Kier alpha value is -1.23. The molecule has 0 N–H and O–H groups in total. The van der Waals surface area contributed by atoms with E-state index in [2.05, 4.69) is 27.3 Å². The summed E-state index contributed by atoms with van der Waals surface area (Å²) in [5.41, 5.74) is 1.09. The molecule has 2 saturated heterocycles. The van der Waals surface area contributed by atoms with Crippen molar-refractivity contribution >= 4 is 11.3 Å². The minimum atomic E-state index is -0.126. The van der Waals surface area contributed by atoms with Crippen molar-refractivity contribution in [3.63, 3.8) is 0 Å². The summed E-state index contributed by atoms with van der Waals surface area (Å²) < 4.78 is 13.3. The molecule has 0 amide bonds. The van der Waals surface area contributed by atoms with Gasteiger partial charge in [-0.1, -0.05) is 18.2 Å². The predicted octanol–water partition coefficient (Wildman–Crippen LogP) is 3.45. The first kappa shape index (κ1) is 14.4. The lowest BCUT2D eigenvalue weighted by Gasteiger charge is -2.21. The molecule has 2 fully saturated rings. The zero-order valence-electron chi connectivity index (χ0n) is 12.6. The number of thiophene rings is 1. The molecule has 1 aromatic heterocycles. The summed E-state index contributed by atoms with van der Waals surface area (Å²) >= 11 is 1.85. The summed E-state index contributed by atoms with van der Waals surface area (Å²) in [6, 6.07) is 11.4. The van der Waals surface area contributed by atoms with Gasteiger partial charge in [0.25, 0.3) is 0 Å². The molecular weight excluding hydrogens is 295 g/mol. The van der Waals surface area contributed by atoms with Crippen LogP contribution in [-0.4, -0.2) is 36.0 Å². The Morgan fingerprint density at radius 1 is 0.955 bits per heavy atom. The van der Waals surface area contributed by atoms with Crippen molar-refractivity contribution < 1.29 is 4.39 Å². The predicted molar refractivity (Wildman–Crippen MR) is 88.3 cm³/mol. The second-order valence-corrected chi connectivity index (χ2v) is 7.65. The molecule has 22 heavy (non-hydrogen) atoms. The first-order valence-corrected chi connectivity index (χ1v) is 8.86. The summed E-state index contributed by atoms with van der Waals surface area (Å²) in [5, 5.41) is 2.16. The smallest absolute Gasteiger partial charge is 0.123 e. The Labute approximate surface area is 135 Å². The molecule has 2 aliphatic heterocycles. The molecule has 116 valence electrons. The molecule has 2 aliphatic rings. The van der Waals surface area contributed by atoms with E-state index < -0.39 is 0 Å². The molecule has 0 radical (unpaired) electrons. The zero-order chi connectivity index (χ0) is 14.9. The summed E-state index contributed by atoms with van der Waals surface area (Å²) in [6.07, 6.45) is 0. The van der Waals surface area contributed by atoms with Crippen molar-refractivity contribution in [1.29, 1.82) is 0 Å². The van der Waals surface area contributed by atoms with Gasteiger partial charge in [0, 0.05) is 44.1 Å². The fourth-order valence-corrected chi connectivity index (χ4v) is 4.71. The lowest BCUT2D eigenvalue weighted by molar-refractivity contribution is 0.247. The summed E-state index contributed by atoms with van der Waals surface area (Å²) in [5.74, 6) is 1.45. The quantitative estimate of drug-likeness (QED) is 0.852. The van der Waals surface area contributed by atoms with Crippen LogP contribution in [0.25, 0.3) is 0 Å². The molecule has 3 heterocycles. The number of halogens is 1. The fraction of sp³-hybridized carbons (Fsp3) is 0.444. The third-order valence-electron chi connectivity index (χ3n) is 4.89. The van der Waals surface area contributed by atoms with E-state index in [4.69, 9.17) is 0 Å². The molecule has 0 bridgehead atoms. The van der Waals surface area contributed by atoms with Crippen LogP contribution in [-0.2, 0) is 13.1 Å². The van der Waals surface area contributed by atoms with Gasteiger partial charge in [-0.2, -0.15) is 0 Å². The first-order chi connectivity index (χ1) is 10.8. The van der Waals surface area contributed by atoms with Gasteiger partial charge in [0.2, 0.25) is 0 Å². The average Bonchev–Trinajstić information content (AvgIpc) is 3.16. The maximum atomic E-state index is 13.3. The third-order valence-corrected chi connectivity index (χ3v) is 5.75. The number of hydrogen-bond acceptors (Lipinski definition) is 3. The van der Waals surface area contributed by atoms with Crippen LogP contribution in [0.4, 0.5) is 4.39 Å². The Bertz CT molecular complexity index is 614. The Morgan fingerprint density at radius 3 is 2.32 bits per heavy atom. The molecule has 0 aliphatic carbocycles. The molecular formula is C18H21FN2S. The van der Waals surface area contributed by atoms with E-state index in [1.807, 2.05) is 23.5 Å². The standard InChI is InChI=1S/C18H21FN2S/c19-17-4-1-3-14(7-17)8-20-9-15-11-21(12-16(15)10-20)13-18-5-2-6-22-18/h1-7,15-16H,8-13H2/t15-,16-/m1/s1. The molecule has 2 nitrogen and oxygen atoms in total. The Morgan fingerprint density at radius 2 is 1.68 bits per heavy atom. The second kappa shape index (κ2) is 6.11. The van der Waals surface area contributed by atoms with Crippen LogP contribution in [0.2, 0.25) is 0 Å². The van der Waals surface area contributed by atoms with E-state index in [1.54, 1.807) is 6.07 Å². The highest BCUT2D eigenvalue weighted by Gasteiger charge is 2.39. The highest BCUT2D eigenvalue weighted by molar-refractivity contribution is 7.09. The van der Waals surface area contributed by atoms with Gasteiger partial charge in [-0.25, -0.2) is 4.39 Å². The van der Waals surface area contributed by atoms with E-state index in [0.717, 1.165) is 43.6 Å². The van der Waals surface area contributed by atoms with E-state index >= 15 is 0 Å². The number of rotatable bonds is 4. The van der Waals surface area contributed by atoms with Crippen LogP contribution in [0.5, 0.6) is 0 Å². The number of fused-ring (bicyclic) bond motifs is 1. The minimum Gasteiger partial charge on any atom is -0.298 e. The fourth-order valence-electron chi connectivity index (χ4n) is 3.96. The van der Waals surface area contributed by atoms with E-state index in [-0.39, 0.29) is 5.82 Å². The van der Waals surface area contributed by atoms with Gasteiger partial charge in [-0.15, -0.1) is 11.3 Å². The van der Waals surface area contributed by atoms with Crippen molar-refractivity contribution in [3.8, 4) is 0 Å². The monoisotopic (exact) mass is 316 g/mol. The minimum absolute atomic E-state index is 0.126. The maximum Gasteiger partial charge on any atom is 0.123 e. The van der Waals surface area contributed by atoms with Crippen molar-refractivity contribution in [3.05, 3.63) is 58.0 Å². The molecule has 4 heteroatoms. The maximum absolute atomic E-state index is 13.3. The number of hydrogen-bond donors (Lipinski definition) is 0. The third kappa shape index (κ3) is 3.09. The Kier molecular flexibility index (Phi) is 3.99. The SMILES string of the molecule is Fc1cccc(CN2C[C@@H]3CN(Cc4cccs4)C[C@H]3C2)c1. The second-order valence-electron chi connectivity index (χ2n) is 6.62. The van der Waals surface area contributed by atoms with Gasteiger partial charge in [-0.3, -0.25) is 9.80 Å². The molecule has 0 saturated carbocycles. The summed E-state index contributed by atoms with van der Waals surface area (Å²) in [7, 11) is 0. The van der Waals surface area contributed by atoms with Crippen molar-refractivity contribution in [2.45, 2.75) is 13.1 Å². The van der Waals surface area contributed by atoms with Crippen LogP contribution >= 0.6 is 11.3 Å². The van der Waals surface area contributed by atoms with Gasteiger partial charge in [0.1, 0.15) is 5.82 Å². The van der Waals surface area contributed by atoms with Gasteiger partial charge < -0.3 is 0 Å². The van der Waals surface area contributed by atoms with Crippen molar-refractivity contribution in [2.24, 2.45) is 11.8 Å². The number of likely N-dealkylation sites (tertiary alicyclic amines) is 2. The van der Waals surface area contributed by atoms with Gasteiger partial charge >= 0.3 is 0 Å². The highest BCUT2D eigenvalue weighted by Crippen LogP contribution is 2.33. The largest absolute Gasteiger partial charge is 0.298 e. The molecule has 2 atom stereocenters. The normalized spacial score (nSPS) is 25.7. The molecule has 0 spiro atoms. The molecule has 1 aromatic carbocycles. The van der Waals surface area contributed by atoms with Gasteiger partial charge in [0.15, 0.2) is 0 Å². The van der Waals surface area contributed by atoms with Gasteiger partial charge in [0.05, 0.1) is 0 Å². The highest BCUT2D eigenvalue weighted by atomic mass is 32.1. The van der Waals surface area contributed by atoms with Gasteiger partial charge in [-0.05, 0) is 41.0 Å². The lowest BCUT2D eigenvalue weighted by Crippen LogP contribution is -2.28. The van der Waals surface area contributed by atoms with Crippen LogP contribution < -0.4 is 0 Å². The van der Waals surface area contributed by atoms with Crippen molar-refractivity contribution in [2.75, 3.05) is 26.2 Å². The van der Waals surface area contributed by atoms with E-state index in [0.29, 0.717) is 0 Å². The van der Waals surface area contributed by atoms with E-state index in [9.17, 15) is 4.39 Å². The van der Waals surface area contributed by atoms with E-state index in [1.165, 1.54) is 24.0 Å². The Balaban J connectivity index is 1.32. The molecule has 0 unspecified atom stereocenters. The van der Waals surface area contributed by atoms with Crippen LogP contribution in [0.1, 0.15) is 10.4 Å². The number of nitrogens with zero attached hydrogens (tertiary/aromatic N) is 2. The number of benzene rings is 1. The lowest BCUT2D eigenvalue weighted by atomic mass is 10.0. The zero-order valence-corrected chi connectivity index (χ0v) is 13.4. The molecule has 2 aromatic rings. The topological polar surface area (TPSA) is 6.48 Å². The van der Waals surface area contributed by atoms with Crippen LogP contribution in [0.15, 0.2) is 41.8 Å². The first-order valence-electron chi connectivity index (χ1n) is 7.98. The van der Waals surface area contributed by atoms with Crippen LogP contribution in [0.3, 0.4) is 0 Å².